The number of piperazine rings is 1. The van der Waals surface area contributed by atoms with Gasteiger partial charge in [-0.3, -0.25) is 9.69 Å². The van der Waals surface area contributed by atoms with Crippen molar-refractivity contribution in [1.82, 2.24) is 9.80 Å². The normalized spacial score (nSPS) is 38.1. The molecule has 4 aliphatic rings. The topological polar surface area (TPSA) is 32.8 Å². The van der Waals surface area contributed by atoms with E-state index in [1.807, 2.05) is 0 Å². The third kappa shape index (κ3) is 3.80. The van der Waals surface area contributed by atoms with Gasteiger partial charge in [0.2, 0.25) is 5.91 Å². The Labute approximate surface area is 146 Å². The summed E-state index contributed by atoms with van der Waals surface area (Å²) >= 11 is 0. The van der Waals surface area contributed by atoms with Crippen LogP contribution in [0.15, 0.2) is 0 Å². The van der Waals surface area contributed by atoms with Crippen molar-refractivity contribution in [2.24, 2.45) is 23.7 Å². The first-order valence-corrected chi connectivity index (χ1v) is 10.4. The molecule has 4 rings (SSSR count). The van der Waals surface area contributed by atoms with Crippen LogP contribution in [0.1, 0.15) is 51.4 Å². The first-order valence-electron chi connectivity index (χ1n) is 10.4. The fourth-order valence-electron chi connectivity index (χ4n) is 5.60. The Morgan fingerprint density at radius 2 is 1.71 bits per heavy atom. The van der Waals surface area contributed by atoms with Gasteiger partial charge in [-0.2, -0.15) is 0 Å². The Morgan fingerprint density at radius 1 is 0.917 bits per heavy atom. The van der Waals surface area contributed by atoms with E-state index in [0.29, 0.717) is 17.7 Å². The summed E-state index contributed by atoms with van der Waals surface area (Å²) in [6.45, 7) is 7.03. The molecule has 2 aliphatic heterocycles. The van der Waals surface area contributed by atoms with Crippen LogP contribution in [0.2, 0.25) is 0 Å². The number of carbonyl (C=O) groups excluding carboxylic acids is 1. The van der Waals surface area contributed by atoms with Crippen molar-refractivity contribution in [1.29, 1.82) is 0 Å². The molecule has 136 valence electrons. The number of hydrogen-bond donors (Lipinski definition) is 0. The Bertz CT molecular complexity index is 427. The molecule has 0 aromatic carbocycles. The molecule has 1 amide bonds. The van der Waals surface area contributed by atoms with Crippen molar-refractivity contribution in [3.05, 3.63) is 0 Å². The van der Waals surface area contributed by atoms with E-state index >= 15 is 0 Å². The van der Waals surface area contributed by atoms with Crippen molar-refractivity contribution >= 4 is 5.91 Å². The fraction of sp³-hybridized carbons (Fsp3) is 0.950. The molecule has 0 N–H and O–H groups in total. The van der Waals surface area contributed by atoms with E-state index in [9.17, 15) is 4.79 Å². The van der Waals surface area contributed by atoms with Gasteiger partial charge in [0.1, 0.15) is 0 Å². The number of rotatable bonds is 3. The number of amides is 1. The number of fused-ring (bicyclic) bond motifs is 1. The SMILES string of the molecule is O=C([C@H]1CC[C@@H]2CCCC[C@@H]2C1)N1CCN(C[C@@H]2CCOC2)CC1. The predicted molar refractivity (Wildman–Crippen MR) is 94.7 cm³/mol. The number of nitrogens with zero attached hydrogens (tertiary/aromatic N) is 2. The second kappa shape index (κ2) is 7.74. The first kappa shape index (κ1) is 16.8. The fourth-order valence-corrected chi connectivity index (χ4v) is 5.60. The Morgan fingerprint density at radius 3 is 2.46 bits per heavy atom. The lowest BCUT2D eigenvalue weighted by atomic mass is 9.67. The van der Waals surface area contributed by atoms with Gasteiger partial charge in [-0.05, 0) is 43.4 Å². The van der Waals surface area contributed by atoms with E-state index in [1.165, 1.54) is 44.9 Å². The molecule has 0 aromatic heterocycles. The maximum atomic E-state index is 13.0. The molecule has 0 bridgehead atoms. The van der Waals surface area contributed by atoms with Gasteiger partial charge in [0, 0.05) is 45.2 Å². The highest BCUT2D eigenvalue weighted by molar-refractivity contribution is 5.79. The lowest BCUT2D eigenvalue weighted by Crippen LogP contribution is -2.52. The molecule has 4 nitrogen and oxygen atoms in total. The quantitative estimate of drug-likeness (QED) is 0.796. The van der Waals surface area contributed by atoms with Gasteiger partial charge in [0.15, 0.2) is 0 Å². The predicted octanol–water partition coefficient (Wildman–Crippen LogP) is 2.77. The zero-order chi connectivity index (χ0) is 16.4. The largest absolute Gasteiger partial charge is 0.381 e. The maximum Gasteiger partial charge on any atom is 0.225 e. The van der Waals surface area contributed by atoms with Gasteiger partial charge in [-0.1, -0.05) is 25.7 Å². The molecular weight excluding hydrogens is 300 g/mol. The van der Waals surface area contributed by atoms with Crippen LogP contribution in [-0.4, -0.2) is 61.6 Å². The van der Waals surface area contributed by atoms with E-state index in [-0.39, 0.29) is 0 Å². The molecule has 0 aromatic rings. The Kier molecular flexibility index (Phi) is 5.43. The molecular formula is C20H34N2O2. The van der Waals surface area contributed by atoms with Crippen molar-refractivity contribution in [2.45, 2.75) is 51.4 Å². The van der Waals surface area contributed by atoms with E-state index in [4.69, 9.17) is 4.74 Å². The Balaban J connectivity index is 1.24. The number of ether oxygens (including phenoxy) is 1. The number of carbonyl (C=O) groups is 1. The highest BCUT2D eigenvalue weighted by Crippen LogP contribution is 2.43. The molecule has 0 radical (unpaired) electrons. The highest BCUT2D eigenvalue weighted by atomic mass is 16.5. The maximum absolute atomic E-state index is 13.0. The molecule has 4 heteroatoms. The average molecular weight is 335 g/mol. The van der Waals surface area contributed by atoms with Gasteiger partial charge < -0.3 is 9.64 Å². The molecule has 4 atom stereocenters. The molecule has 2 aliphatic carbocycles. The minimum absolute atomic E-state index is 0.333. The summed E-state index contributed by atoms with van der Waals surface area (Å²) in [5, 5.41) is 0. The summed E-state index contributed by atoms with van der Waals surface area (Å²) in [5.74, 6) is 3.31. The molecule has 4 fully saturated rings. The second-order valence-corrected chi connectivity index (χ2v) is 8.67. The summed E-state index contributed by atoms with van der Waals surface area (Å²) in [5.41, 5.74) is 0. The molecule has 0 unspecified atom stereocenters. The monoisotopic (exact) mass is 334 g/mol. The van der Waals surface area contributed by atoms with E-state index in [2.05, 4.69) is 9.80 Å². The van der Waals surface area contributed by atoms with E-state index in [1.54, 1.807) is 0 Å². The lowest BCUT2D eigenvalue weighted by Gasteiger charge is -2.42. The van der Waals surface area contributed by atoms with Crippen molar-refractivity contribution in [2.75, 3.05) is 45.9 Å². The molecule has 0 spiro atoms. The van der Waals surface area contributed by atoms with Gasteiger partial charge >= 0.3 is 0 Å². The average Bonchev–Trinajstić information content (AvgIpc) is 3.14. The van der Waals surface area contributed by atoms with Crippen molar-refractivity contribution in [3.8, 4) is 0 Å². The van der Waals surface area contributed by atoms with Gasteiger partial charge in [-0.15, -0.1) is 0 Å². The van der Waals surface area contributed by atoms with Crippen LogP contribution < -0.4 is 0 Å². The summed E-state index contributed by atoms with van der Waals surface area (Å²) in [6.07, 6.45) is 10.5. The summed E-state index contributed by atoms with van der Waals surface area (Å²) in [7, 11) is 0. The summed E-state index contributed by atoms with van der Waals surface area (Å²) in [6, 6.07) is 0. The lowest BCUT2D eigenvalue weighted by molar-refractivity contribution is -0.139. The number of hydrogen-bond acceptors (Lipinski definition) is 3. The molecule has 2 heterocycles. The van der Waals surface area contributed by atoms with Gasteiger partial charge in [-0.25, -0.2) is 0 Å². The molecule has 24 heavy (non-hydrogen) atoms. The summed E-state index contributed by atoms with van der Waals surface area (Å²) < 4.78 is 5.49. The van der Waals surface area contributed by atoms with Crippen LogP contribution in [0.3, 0.4) is 0 Å². The highest BCUT2D eigenvalue weighted by Gasteiger charge is 2.37. The van der Waals surface area contributed by atoms with Gasteiger partial charge in [0.05, 0.1) is 6.61 Å². The Hall–Kier alpha value is -0.610. The third-order valence-electron chi connectivity index (χ3n) is 7.11. The van der Waals surface area contributed by atoms with Crippen LogP contribution in [0, 0.1) is 23.7 Å². The standard InChI is InChI=1S/C20H34N2O2/c23-20(19-6-5-17-3-1-2-4-18(17)13-19)22-10-8-21(9-11-22)14-16-7-12-24-15-16/h16-19H,1-15H2/t16-,17-,18+,19-/m0/s1. The minimum atomic E-state index is 0.333. The molecule has 2 saturated heterocycles. The van der Waals surface area contributed by atoms with Crippen LogP contribution in [0.5, 0.6) is 0 Å². The van der Waals surface area contributed by atoms with Crippen molar-refractivity contribution in [3.63, 3.8) is 0 Å². The smallest absolute Gasteiger partial charge is 0.225 e. The zero-order valence-corrected chi connectivity index (χ0v) is 15.1. The van der Waals surface area contributed by atoms with E-state index in [0.717, 1.165) is 64.2 Å². The van der Waals surface area contributed by atoms with E-state index < -0.39 is 0 Å². The van der Waals surface area contributed by atoms with Crippen LogP contribution in [0.4, 0.5) is 0 Å². The van der Waals surface area contributed by atoms with Crippen LogP contribution in [0.25, 0.3) is 0 Å². The third-order valence-corrected chi connectivity index (χ3v) is 7.11. The zero-order valence-electron chi connectivity index (χ0n) is 15.1. The minimum Gasteiger partial charge on any atom is -0.381 e. The summed E-state index contributed by atoms with van der Waals surface area (Å²) in [4.78, 5) is 17.7. The first-order chi connectivity index (χ1) is 11.8. The van der Waals surface area contributed by atoms with Crippen molar-refractivity contribution < 1.29 is 9.53 Å². The second-order valence-electron chi connectivity index (χ2n) is 8.67. The molecule has 2 saturated carbocycles. The van der Waals surface area contributed by atoms with Crippen LogP contribution in [-0.2, 0) is 9.53 Å². The van der Waals surface area contributed by atoms with Gasteiger partial charge in [0.25, 0.3) is 0 Å². The van der Waals surface area contributed by atoms with Crippen LogP contribution >= 0.6 is 0 Å².